The van der Waals surface area contributed by atoms with Crippen molar-refractivity contribution in [2.75, 3.05) is 7.05 Å². The zero-order chi connectivity index (χ0) is 20.1. The molecule has 2 aromatic heterocycles. The predicted molar refractivity (Wildman–Crippen MR) is 108 cm³/mol. The number of nitrogens with zero attached hydrogens (tertiary/aromatic N) is 4. The lowest BCUT2D eigenvalue weighted by Crippen LogP contribution is -2.38. The molecule has 0 N–H and O–H groups in total. The molecule has 28 heavy (non-hydrogen) atoms. The molecule has 0 bridgehead atoms. The van der Waals surface area contributed by atoms with Crippen LogP contribution < -0.4 is 0 Å². The Hall–Kier alpha value is -1.45. The van der Waals surface area contributed by atoms with Gasteiger partial charge in [-0.05, 0) is 30.9 Å². The van der Waals surface area contributed by atoms with Gasteiger partial charge in [-0.25, -0.2) is 13.4 Å². The average molecular weight is 425 g/mol. The van der Waals surface area contributed by atoms with Crippen LogP contribution in [0.15, 0.2) is 32.8 Å². The number of aromatic nitrogens is 3. The van der Waals surface area contributed by atoms with E-state index in [2.05, 4.69) is 29.0 Å². The highest BCUT2D eigenvalue weighted by molar-refractivity contribution is 7.98. The van der Waals surface area contributed by atoms with Crippen LogP contribution in [0.4, 0.5) is 0 Å². The van der Waals surface area contributed by atoms with Crippen LogP contribution in [0.1, 0.15) is 57.7 Å². The van der Waals surface area contributed by atoms with Gasteiger partial charge >= 0.3 is 0 Å². The summed E-state index contributed by atoms with van der Waals surface area (Å²) in [6.45, 7) is 4.21. The van der Waals surface area contributed by atoms with Crippen LogP contribution in [0.3, 0.4) is 0 Å². The Labute approximate surface area is 171 Å². The third-order valence-corrected chi connectivity index (χ3v) is 7.74. The minimum absolute atomic E-state index is 0.0883. The Kier molecular flexibility index (Phi) is 7.11. The van der Waals surface area contributed by atoms with Crippen LogP contribution >= 0.6 is 11.8 Å². The monoisotopic (exact) mass is 424 g/mol. The molecular formula is C19H28N4O3S2. The lowest BCUT2D eigenvalue weighted by atomic mass is 9.96. The fraction of sp³-hybridized carbons (Fsp3) is 0.632. The molecule has 2 heterocycles. The maximum Gasteiger partial charge on any atom is 0.244 e. The molecule has 7 nitrogen and oxygen atoms in total. The van der Waals surface area contributed by atoms with Crippen molar-refractivity contribution in [1.82, 2.24) is 19.4 Å². The van der Waals surface area contributed by atoms with Gasteiger partial charge in [-0.15, -0.1) is 0 Å². The number of thioether (sulfide) groups is 1. The zero-order valence-electron chi connectivity index (χ0n) is 16.7. The molecule has 0 radical (unpaired) electrons. The van der Waals surface area contributed by atoms with E-state index in [4.69, 9.17) is 4.52 Å². The highest BCUT2D eigenvalue weighted by Crippen LogP contribution is 2.27. The summed E-state index contributed by atoms with van der Waals surface area (Å²) < 4.78 is 32.5. The Morgan fingerprint density at radius 2 is 2.00 bits per heavy atom. The summed E-state index contributed by atoms with van der Waals surface area (Å²) in [4.78, 5) is 8.92. The second kappa shape index (κ2) is 9.37. The first-order valence-corrected chi connectivity index (χ1v) is 12.2. The average Bonchev–Trinajstić information content (AvgIpc) is 3.13. The molecule has 0 aromatic carbocycles. The highest BCUT2D eigenvalue weighted by Gasteiger charge is 2.29. The maximum atomic E-state index is 12.9. The molecule has 0 saturated heterocycles. The van der Waals surface area contributed by atoms with E-state index in [0.29, 0.717) is 23.4 Å². The number of rotatable bonds is 8. The van der Waals surface area contributed by atoms with Gasteiger partial charge in [0.1, 0.15) is 4.90 Å². The van der Waals surface area contributed by atoms with Crippen LogP contribution in [-0.2, 0) is 22.2 Å². The second-order valence-electron chi connectivity index (χ2n) is 7.64. The van der Waals surface area contributed by atoms with Crippen LogP contribution in [0.2, 0.25) is 0 Å². The number of hydrogen-bond acceptors (Lipinski definition) is 7. The molecular weight excluding hydrogens is 396 g/mol. The van der Waals surface area contributed by atoms with Gasteiger partial charge in [-0.2, -0.15) is 9.29 Å². The van der Waals surface area contributed by atoms with Crippen LogP contribution in [-0.4, -0.2) is 40.9 Å². The molecule has 0 aliphatic heterocycles. The van der Waals surface area contributed by atoms with Gasteiger partial charge in [0.15, 0.2) is 5.82 Å². The molecule has 1 fully saturated rings. The summed E-state index contributed by atoms with van der Waals surface area (Å²) in [6.07, 6.45) is 7.46. The van der Waals surface area contributed by atoms with Crippen LogP contribution in [0.5, 0.6) is 0 Å². The van der Waals surface area contributed by atoms with Crippen molar-refractivity contribution in [2.45, 2.75) is 74.1 Å². The third-order valence-electron chi connectivity index (χ3n) is 4.92. The van der Waals surface area contributed by atoms with Crippen molar-refractivity contribution in [3.63, 3.8) is 0 Å². The third kappa shape index (κ3) is 5.33. The van der Waals surface area contributed by atoms with E-state index in [9.17, 15) is 8.42 Å². The van der Waals surface area contributed by atoms with Gasteiger partial charge in [-0.3, -0.25) is 0 Å². The van der Waals surface area contributed by atoms with Gasteiger partial charge in [0.25, 0.3) is 0 Å². The molecule has 0 amide bonds. The highest BCUT2D eigenvalue weighted by atomic mass is 32.2. The molecule has 2 aromatic rings. The van der Waals surface area contributed by atoms with Crippen molar-refractivity contribution in [3.05, 3.63) is 30.0 Å². The summed E-state index contributed by atoms with van der Waals surface area (Å²) in [7, 11) is -1.83. The van der Waals surface area contributed by atoms with E-state index in [1.54, 1.807) is 19.2 Å². The summed E-state index contributed by atoms with van der Waals surface area (Å²) in [5.74, 6) is 2.24. The van der Waals surface area contributed by atoms with E-state index in [1.807, 2.05) is 0 Å². The van der Waals surface area contributed by atoms with E-state index in [-0.39, 0.29) is 10.9 Å². The van der Waals surface area contributed by atoms with E-state index < -0.39 is 10.0 Å². The molecule has 1 saturated carbocycles. The minimum Gasteiger partial charge on any atom is -0.338 e. The lowest BCUT2D eigenvalue weighted by Gasteiger charge is -2.30. The Bertz CT molecular complexity index is 860. The fourth-order valence-electron chi connectivity index (χ4n) is 3.34. The number of hydrogen-bond donors (Lipinski definition) is 0. The first-order chi connectivity index (χ1) is 13.4. The van der Waals surface area contributed by atoms with Gasteiger partial charge in [0.05, 0.1) is 10.8 Å². The number of pyridine rings is 1. The molecule has 1 aliphatic rings. The minimum atomic E-state index is -3.51. The first kappa shape index (κ1) is 21.3. The zero-order valence-corrected chi connectivity index (χ0v) is 18.3. The van der Waals surface area contributed by atoms with Crippen molar-refractivity contribution in [1.29, 1.82) is 0 Å². The standard InChI is InChI=1S/C19H28N4O3S2/c1-14(2)11-17-21-18(26-22-17)13-27-19-10-9-16(12-20-19)28(24,25)23(3)15-7-5-4-6-8-15/h9-10,12,14-15H,4-8,11,13H2,1-3H3. The predicted octanol–water partition coefficient (Wildman–Crippen LogP) is 3.91. The summed E-state index contributed by atoms with van der Waals surface area (Å²) in [6, 6.07) is 3.45. The Morgan fingerprint density at radius 3 is 2.64 bits per heavy atom. The largest absolute Gasteiger partial charge is 0.338 e. The summed E-state index contributed by atoms with van der Waals surface area (Å²) in [5, 5.41) is 4.70. The topological polar surface area (TPSA) is 89.2 Å². The van der Waals surface area contributed by atoms with E-state index >= 15 is 0 Å². The van der Waals surface area contributed by atoms with E-state index in [1.165, 1.54) is 28.7 Å². The van der Waals surface area contributed by atoms with Gasteiger partial charge in [0, 0.05) is 25.7 Å². The SMILES string of the molecule is CC(C)Cc1noc(CSc2ccc(S(=O)(=O)N(C)C3CCCCC3)cn2)n1. The van der Waals surface area contributed by atoms with Crippen molar-refractivity contribution < 1.29 is 12.9 Å². The quantitative estimate of drug-likeness (QED) is 0.594. The molecule has 0 spiro atoms. The fourth-order valence-corrected chi connectivity index (χ4v) is 5.39. The molecule has 1 aliphatic carbocycles. The normalized spacial score (nSPS) is 16.2. The van der Waals surface area contributed by atoms with Crippen molar-refractivity contribution in [2.24, 2.45) is 5.92 Å². The Balaban J connectivity index is 1.60. The van der Waals surface area contributed by atoms with Gasteiger partial charge in [0.2, 0.25) is 15.9 Å². The first-order valence-electron chi connectivity index (χ1n) is 9.74. The van der Waals surface area contributed by atoms with Crippen LogP contribution in [0, 0.1) is 5.92 Å². The molecule has 9 heteroatoms. The Morgan fingerprint density at radius 1 is 1.25 bits per heavy atom. The maximum absolute atomic E-state index is 12.9. The summed E-state index contributed by atoms with van der Waals surface area (Å²) in [5.41, 5.74) is 0. The molecule has 0 unspecified atom stereocenters. The second-order valence-corrected chi connectivity index (χ2v) is 10.6. The van der Waals surface area contributed by atoms with Crippen LogP contribution in [0.25, 0.3) is 0 Å². The lowest BCUT2D eigenvalue weighted by molar-refractivity contribution is 0.285. The summed E-state index contributed by atoms with van der Waals surface area (Å²) >= 11 is 1.45. The van der Waals surface area contributed by atoms with Crippen molar-refractivity contribution in [3.8, 4) is 0 Å². The molecule has 154 valence electrons. The van der Waals surface area contributed by atoms with Gasteiger partial charge in [-0.1, -0.05) is 50.0 Å². The van der Waals surface area contributed by atoms with Gasteiger partial charge < -0.3 is 4.52 Å². The molecule has 3 rings (SSSR count). The smallest absolute Gasteiger partial charge is 0.244 e. The van der Waals surface area contributed by atoms with E-state index in [0.717, 1.165) is 37.1 Å². The van der Waals surface area contributed by atoms with Crippen molar-refractivity contribution >= 4 is 21.8 Å². The number of sulfonamides is 1. The molecule has 0 atom stereocenters.